The van der Waals surface area contributed by atoms with Crippen molar-refractivity contribution in [2.75, 3.05) is 0 Å². The van der Waals surface area contributed by atoms with Gasteiger partial charge in [-0.1, -0.05) is 11.6 Å². The van der Waals surface area contributed by atoms with Gasteiger partial charge in [0.2, 0.25) is 5.39 Å². The van der Waals surface area contributed by atoms with E-state index < -0.39 is 7.25 Å². The van der Waals surface area contributed by atoms with Crippen molar-refractivity contribution >= 4 is 40.5 Å². The average Bonchev–Trinajstić information content (AvgIpc) is 2.01. The van der Waals surface area contributed by atoms with Crippen LogP contribution in [0.15, 0.2) is 22.7 Å². The average molecular weight is 305 g/mol. The van der Waals surface area contributed by atoms with Crippen LogP contribution in [0.3, 0.4) is 0 Å². The zero-order chi connectivity index (χ0) is 12.1. The zero-order valence-corrected chi connectivity index (χ0v) is 9.31. The predicted octanol–water partition coefficient (Wildman–Crippen LogP) is 4.89. The summed E-state index contributed by atoms with van der Waals surface area (Å²) in [4.78, 5) is 3.01. The van der Waals surface area contributed by atoms with Crippen molar-refractivity contribution < 1.29 is 17.3 Å². The first-order chi connectivity index (χ1) is 6.74. The Labute approximate surface area is 96.1 Å². The second-order valence-electron chi connectivity index (χ2n) is 2.19. The van der Waals surface area contributed by atoms with E-state index in [0.717, 1.165) is 0 Å². The van der Waals surface area contributed by atoms with Crippen LogP contribution >= 0.6 is 27.5 Å². The first kappa shape index (κ1) is 14.2. The highest BCUT2D eigenvalue weighted by atomic mass is 79.9. The van der Waals surface area contributed by atoms with Gasteiger partial charge < -0.3 is 17.3 Å². The number of hydrogen-bond acceptors (Lipinski definition) is 1. The summed E-state index contributed by atoms with van der Waals surface area (Å²) in [5.74, 6) is 0. The summed E-state index contributed by atoms with van der Waals surface area (Å²) < 4.78 is 39.7. The minimum atomic E-state index is -6.00. The number of rotatable bonds is 0. The Bertz CT molecular complexity index is 372. The lowest BCUT2D eigenvalue weighted by Gasteiger charge is -1.94. The van der Waals surface area contributed by atoms with Crippen LogP contribution in [0.4, 0.5) is 23.0 Å². The summed E-state index contributed by atoms with van der Waals surface area (Å²) in [5.41, 5.74) is 0.476. The summed E-state index contributed by atoms with van der Waals surface area (Å²) >= 11 is 8.79. The fraction of sp³-hybridized carbons (Fsp3) is 0. The Kier molecular flexibility index (Phi) is 5.61. The maximum Gasteiger partial charge on any atom is 0.673 e. The number of benzene rings is 1. The van der Waals surface area contributed by atoms with E-state index in [-0.39, 0.29) is 0 Å². The predicted molar refractivity (Wildman–Crippen MR) is 54.1 cm³/mol. The third-order valence-corrected chi connectivity index (χ3v) is 1.89. The molecule has 9 heteroatoms. The Morgan fingerprint density at radius 2 is 1.73 bits per heavy atom. The molecule has 1 rings (SSSR count). The smallest absolute Gasteiger partial charge is 0.418 e. The van der Waals surface area contributed by atoms with E-state index in [4.69, 9.17) is 17.0 Å². The molecular formula is C6H3BBrClF4N2. The summed E-state index contributed by atoms with van der Waals surface area (Å²) in [5, 5.41) is 8.97. The first-order valence-corrected chi connectivity index (χ1v) is 4.58. The van der Waals surface area contributed by atoms with Gasteiger partial charge in [-0.05, 0) is 28.1 Å². The van der Waals surface area contributed by atoms with Gasteiger partial charge in [-0.15, -0.1) is 0 Å². The fourth-order valence-electron chi connectivity index (χ4n) is 0.562. The van der Waals surface area contributed by atoms with Crippen LogP contribution < -0.4 is 0 Å². The van der Waals surface area contributed by atoms with Crippen molar-refractivity contribution in [3.8, 4) is 0 Å². The maximum absolute atomic E-state index is 9.75. The zero-order valence-electron chi connectivity index (χ0n) is 6.97. The summed E-state index contributed by atoms with van der Waals surface area (Å²) in [6, 6.07) is 4.93. The van der Waals surface area contributed by atoms with E-state index in [0.29, 0.717) is 15.2 Å². The molecule has 0 radical (unpaired) electrons. The quantitative estimate of drug-likeness (QED) is 0.381. The molecule has 0 spiro atoms. The second kappa shape index (κ2) is 5.93. The third kappa shape index (κ3) is 8.21. The molecule has 0 aliphatic carbocycles. The molecule has 15 heavy (non-hydrogen) atoms. The molecule has 0 N–H and O–H groups in total. The molecule has 0 saturated carbocycles. The molecule has 0 atom stereocenters. The van der Waals surface area contributed by atoms with Crippen molar-refractivity contribution in [1.29, 1.82) is 5.39 Å². The van der Waals surface area contributed by atoms with Crippen LogP contribution in [0.2, 0.25) is 5.02 Å². The SMILES string of the molecule is F[B-](F)(F)F.N#[N+]c1ccc(Cl)cc1Br. The second-order valence-corrected chi connectivity index (χ2v) is 3.48. The van der Waals surface area contributed by atoms with Crippen molar-refractivity contribution in [1.82, 2.24) is 0 Å². The van der Waals surface area contributed by atoms with Gasteiger partial charge in [-0.2, -0.15) is 0 Å². The van der Waals surface area contributed by atoms with Crippen molar-refractivity contribution in [3.05, 3.63) is 32.7 Å². The lowest BCUT2D eigenvalue weighted by Crippen LogP contribution is -2.02. The highest BCUT2D eigenvalue weighted by Gasteiger charge is 2.20. The first-order valence-electron chi connectivity index (χ1n) is 3.41. The maximum atomic E-state index is 9.75. The number of diazo groups is 1. The molecule has 1 aromatic rings. The molecule has 0 bridgehead atoms. The normalized spacial score (nSPS) is 9.93. The van der Waals surface area contributed by atoms with E-state index in [9.17, 15) is 17.3 Å². The molecule has 0 aromatic heterocycles. The molecular weight excluding hydrogens is 302 g/mol. The third-order valence-electron chi connectivity index (χ3n) is 1.02. The number of nitrogens with zero attached hydrogens (tertiary/aromatic N) is 2. The van der Waals surface area contributed by atoms with Gasteiger partial charge in [-0.25, -0.2) is 0 Å². The lowest BCUT2D eigenvalue weighted by molar-refractivity contribution is 0.368. The summed E-state index contributed by atoms with van der Waals surface area (Å²) in [6.07, 6.45) is 0. The van der Waals surface area contributed by atoms with Crippen LogP contribution in [0.1, 0.15) is 0 Å². The Hall–Kier alpha value is -0.805. The van der Waals surface area contributed by atoms with E-state index in [2.05, 4.69) is 20.9 Å². The van der Waals surface area contributed by atoms with Gasteiger partial charge >= 0.3 is 12.9 Å². The van der Waals surface area contributed by atoms with Gasteiger partial charge in [0.1, 0.15) is 4.47 Å². The van der Waals surface area contributed by atoms with Gasteiger partial charge in [0.15, 0.2) is 4.98 Å². The molecule has 0 aliphatic rings. The molecule has 82 valence electrons. The fourth-order valence-corrected chi connectivity index (χ4v) is 1.32. The Morgan fingerprint density at radius 1 is 1.27 bits per heavy atom. The van der Waals surface area contributed by atoms with Gasteiger partial charge in [0, 0.05) is 11.1 Å². The van der Waals surface area contributed by atoms with Crippen LogP contribution in [-0.2, 0) is 0 Å². The van der Waals surface area contributed by atoms with Crippen LogP contribution in [-0.4, -0.2) is 7.25 Å². The molecule has 0 aliphatic heterocycles. The molecule has 0 fully saturated rings. The summed E-state index contributed by atoms with van der Waals surface area (Å²) in [7, 11) is -6.00. The highest BCUT2D eigenvalue weighted by molar-refractivity contribution is 9.10. The van der Waals surface area contributed by atoms with Gasteiger partial charge in [0.25, 0.3) is 0 Å². The lowest BCUT2D eigenvalue weighted by atomic mass is 10.3. The van der Waals surface area contributed by atoms with Gasteiger partial charge in [-0.3, -0.25) is 0 Å². The van der Waals surface area contributed by atoms with Crippen LogP contribution in [0.5, 0.6) is 0 Å². The van der Waals surface area contributed by atoms with E-state index >= 15 is 0 Å². The van der Waals surface area contributed by atoms with E-state index in [1.807, 2.05) is 0 Å². The van der Waals surface area contributed by atoms with Crippen molar-refractivity contribution in [3.63, 3.8) is 0 Å². The van der Waals surface area contributed by atoms with Crippen molar-refractivity contribution in [2.24, 2.45) is 0 Å². The molecule has 0 saturated heterocycles. The van der Waals surface area contributed by atoms with Crippen LogP contribution in [0, 0.1) is 5.39 Å². The Morgan fingerprint density at radius 3 is 2.07 bits per heavy atom. The molecule has 0 amide bonds. The summed E-state index contributed by atoms with van der Waals surface area (Å²) in [6.45, 7) is 0. The number of halogens is 6. The highest BCUT2D eigenvalue weighted by Crippen LogP contribution is 2.27. The number of hydrogen-bond donors (Lipinski definition) is 0. The van der Waals surface area contributed by atoms with Crippen LogP contribution in [0.25, 0.3) is 4.98 Å². The largest absolute Gasteiger partial charge is 0.673 e. The Balaban J connectivity index is 0.000000336. The molecule has 1 aromatic carbocycles. The molecule has 2 nitrogen and oxygen atoms in total. The van der Waals surface area contributed by atoms with Gasteiger partial charge in [0.05, 0.1) is 0 Å². The molecule has 0 unspecified atom stereocenters. The topological polar surface area (TPSA) is 28.1 Å². The minimum Gasteiger partial charge on any atom is -0.418 e. The minimum absolute atomic E-state index is 0.476. The van der Waals surface area contributed by atoms with Crippen molar-refractivity contribution in [2.45, 2.75) is 0 Å². The van der Waals surface area contributed by atoms with E-state index in [1.165, 1.54) is 0 Å². The standard InChI is InChI=1S/C6H3BrClN2.BF4/c7-5-3-4(8)1-2-6(5)10-9;2-1(3,4)5/h1-3H;/q+1;-1. The monoisotopic (exact) mass is 304 g/mol. The van der Waals surface area contributed by atoms with E-state index in [1.54, 1.807) is 18.2 Å². The molecule has 0 heterocycles.